The molecular formula is C14H27N3+2. The Labute approximate surface area is 106 Å². The molecule has 0 saturated heterocycles. The average molecular weight is 237 g/mol. The molecule has 3 nitrogen and oxygen atoms in total. The number of rotatable bonds is 5. The molecule has 0 amide bonds. The molecule has 0 fully saturated rings. The van der Waals surface area contributed by atoms with Crippen molar-refractivity contribution < 1.29 is 9.05 Å². The number of hydrogen-bond acceptors (Lipinski definition) is 1. The molecule has 1 aromatic rings. The van der Waals surface area contributed by atoms with Crippen LogP contribution in [0.3, 0.4) is 0 Å². The Morgan fingerprint density at radius 2 is 1.82 bits per heavy atom. The van der Waals surface area contributed by atoms with Gasteiger partial charge < -0.3 is 4.48 Å². The Morgan fingerprint density at radius 1 is 1.18 bits per heavy atom. The highest BCUT2D eigenvalue weighted by Gasteiger charge is 2.14. The van der Waals surface area contributed by atoms with Crippen LogP contribution < -0.4 is 4.57 Å². The number of nitrogens with zero attached hydrogens (tertiary/aromatic N) is 3. The highest BCUT2D eigenvalue weighted by atomic mass is 15.3. The third kappa shape index (κ3) is 4.82. The van der Waals surface area contributed by atoms with Gasteiger partial charge in [0.2, 0.25) is 0 Å². The Morgan fingerprint density at radius 3 is 2.41 bits per heavy atom. The highest BCUT2D eigenvalue weighted by Crippen LogP contribution is 2.03. The molecule has 0 saturated carbocycles. The van der Waals surface area contributed by atoms with Crippen LogP contribution >= 0.6 is 0 Å². The highest BCUT2D eigenvalue weighted by molar-refractivity contribution is 5.02. The lowest BCUT2D eigenvalue weighted by Gasteiger charge is -2.23. The van der Waals surface area contributed by atoms with E-state index < -0.39 is 0 Å². The predicted octanol–water partition coefficient (Wildman–Crippen LogP) is 1.55. The van der Waals surface area contributed by atoms with Crippen LogP contribution in [0, 0.1) is 13.8 Å². The Kier molecular flexibility index (Phi) is 4.63. The van der Waals surface area contributed by atoms with E-state index >= 15 is 0 Å². The predicted molar refractivity (Wildman–Crippen MR) is 70.7 cm³/mol. The van der Waals surface area contributed by atoms with Gasteiger partial charge in [0.25, 0.3) is 5.82 Å². The van der Waals surface area contributed by atoms with E-state index in [0.717, 1.165) is 16.6 Å². The van der Waals surface area contributed by atoms with Crippen molar-refractivity contribution in [3.63, 3.8) is 0 Å². The maximum atomic E-state index is 4.63. The van der Waals surface area contributed by atoms with E-state index in [1.807, 2.05) is 0 Å². The molecule has 1 aromatic heterocycles. The van der Waals surface area contributed by atoms with E-state index in [9.17, 15) is 0 Å². The van der Waals surface area contributed by atoms with Gasteiger partial charge in [-0.1, -0.05) is 4.98 Å². The zero-order valence-corrected chi connectivity index (χ0v) is 12.2. The van der Waals surface area contributed by atoms with E-state index in [-0.39, 0.29) is 0 Å². The summed E-state index contributed by atoms with van der Waals surface area (Å²) in [5.41, 5.74) is 2.42. The maximum absolute atomic E-state index is 4.63. The number of aryl methyl sites for hydroxylation is 3. The van der Waals surface area contributed by atoms with Crippen LogP contribution in [0.1, 0.15) is 30.1 Å². The Balaban J connectivity index is 2.52. The van der Waals surface area contributed by atoms with Crippen molar-refractivity contribution in [2.75, 3.05) is 27.7 Å². The maximum Gasteiger partial charge on any atom is 0.298 e. The molecule has 3 heteroatoms. The van der Waals surface area contributed by atoms with Crippen LogP contribution in [0.2, 0.25) is 0 Å². The summed E-state index contributed by atoms with van der Waals surface area (Å²) < 4.78 is 3.26. The molecule has 0 unspecified atom stereocenters. The van der Waals surface area contributed by atoms with Crippen molar-refractivity contribution in [3.8, 4) is 0 Å². The van der Waals surface area contributed by atoms with Gasteiger partial charge in [0, 0.05) is 13.0 Å². The van der Waals surface area contributed by atoms with Gasteiger partial charge >= 0.3 is 0 Å². The summed E-state index contributed by atoms with van der Waals surface area (Å²) in [6, 6.07) is 2.13. The summed E-state index contributed by atoms with van der Waals surface area (Å²) in [7, 11) is 8.84. The minimum Gasteiger partial charge on any atom is -0.331 e. The second-order valence-corrected chi connectivity index (χ2v) is 5.99. The quantitative estimate of drug-likeness (QED) is 0.431. The SMILES string of the molecule is Cc1cc(C)[n+](C)c(CCCC[N+](C)(C)C)n1. The minimum atomic E-state index is 1.05. The molecule has 0 atom stereocenters. The molecule has 1 rings (SSSR count). The van der Waals surface area contributed by atoms with Gasteiger partial charge in [-0.2, -0.15) is 0 Å². The lowest BCUT2D eigenvalue weighted by atomic mass is 10.2. The summed E-state index contributed by atoms with van der Waals surface area (Å²) >= 11 is 0. The molecule has 96 valence electrons. The first-order valence-electron chi connectivity index (χ1n) is 6.43. The second kappa shape index (κ2) is 5.58. The van der Waals surface area contributed by atoms with Gasteiger partial charge in [-0.15, -0.1) is 0 Å². The van der Waals surface area contributed by atoms with E-state index in [2.05, 4.69) is 57.7 Å². The monoisotopic (exact) mass is 237 g/mol. The molecule has 17 heavy (non-hydrogen) atoms. The summed E-state index contributed by atoms with van der Waals surface area (Å²) in [5, 5.41) is 0. The standard InChI is InChI=1S/C14H27N3/c1-12-11-13(2)16(3)14(15-12)9-7-8-10-17(4,5)6/h11H,7-10H2,1-6H3/q+2. The average Bonchev–Trinajstić information content (AvgIpc) is 2.18. The van der Waals surface area contributed by atoms with Crippen molar-refractivity contribution in [2.24, 2.45) is 7.05 Å². The van der Waals surface area contributed by atoms with Crippen molar-refractivity contribution in [1.82, 2.24) is 4.98 Å². The lowest BCUT2D eigenvalue weighted by molar-refractivity contribution is -0.870. The van der Waals surface area contributed by atoms with Crippen LogP contribution in [-0.4, -0.2) is 37.2 Å². The van der Waals surface area contributed by atoms with E-state index in [0.29, 0.717) is 0 Å². The smallest absolute Gasteiger partial charge is 0.298 e. The van der Waals surface area contributed by atoms with Crippen molar-refractivity contribution in [3.05, 3.63) is 23.3 Å². The summed E-state index contributed by atoms with van der Waals surface area (Å²) in [4.78, 5) is 4.63. The number of aromatic nitrogens is 2. The van der Waals surface area contributed by atoms with Gasteiger partial charge in [0.15, 0.2) is 5.69 Å². The van der Waals surface area contributed by atoms with Gasteiger partial charge in [-0.25, -0.2) is 4.57 Å². The first kappa shape index (κ1) is 14.1. The minimum absolute atomic E-state index is 1.05. The van der Waals surface area contributed by atoms with Crippen LogP contribution in [0.4, 0.5) is 0 Å². The normalized spacial score (nSPS) is 11.9. The molecule has 0 radical (unpaired) electrons. The third-order valence-corrected chi connectivity index (χ3v) is 3.12. The largest absolute Gasteiger partial charge is 0.331 e. The van der Waals surface area contributed by atoms with Gasteiger partial charge in [0.1, 0.15) is 5.69 Å². The molecule has 0 spiro atoms. The fourth-order valence-corrected chi connectivity index (χ4v) is 2.01. The molecule has 0 aliphatic carbocycles. The zero-order chi connectivity index (χ0) is 13.1. The van der Waals surface area contributed by atoms with Crippen molar-refractivity contribution >= 4 is 0 Å². The van der Waals surface area contributed by atoms with Gasteiger partial charge in [-0.3, -0.25) is 0 Å². The Bertz CT molecular complexity index is 378. The van der Waals surface area contributed by atoms with E-state index in [4.69, 9.17) is 0 Å². The second-order valence-electron chi connectivity index (χ2n) is 5.99. The third-order valence-electron chi connectivity index (χ3n) is 3.12. The molecule has 0 bridgehead atoms. The fraction of sp³-hybridized carbons (Fsp3) is 0.714. The number of hydrogen-bond donors (Lipinski definition) is 0. The molecule has 1 heterocycles. The first-order chi connectivity index (χ1) is 7.79. The summed E-state index contributed by atoms with van der Waals surface area (Å²) in [5.74, 6) is 1.21. The number of quaternary nitrogens is 1. The first-order valence-corrected chi connectivity index (χ1v) is 6.43. The molecule has 0 aliphatic rings. The lowest BCUT2D eigenvalue weighted by Crippen LogP contribution is -2.39. The van der Waals surface area contributed by atoms with Crippen LogP contribution in [0.5, 0.6) is 0 Å². The van der Waals surface area contributed by atoms with Crippen molar-refractivity contribution in [2.45, 2.75) is 33.1 Å². The molecular weight excluding hydrogens is 210 g/mol. The topological polar surface area (TPSA) is 16.8 Å². The fourth-order valence-electron chi connectivity index (χ4n) is 2.01. The molecule has 0 N–H and O–H groups in total. The molecule has 0 aliphatic heterocycles. The Hall–Kier alpha value is -0.960. The van der Waals surface area contributed by atoms with Crippen LogP contribution in [-0.2, 0) is 13.5 Å². The van der Waals surface area contributed by atoms with Gasteiger partial charge in [-0.05, 0) is 19.8 Å². The van der Waals surface area contributed by atoms with Crippen LogP contribution in [0.15, 0.2) is 6.07 Å². The van der Waals surface area contributed by atoms with E-state index in [1.165, 1.54) is 30.9 Å². The summed E-state index contributed by atoms with van der Waals surface area (Å²) in [6.45, 7) is 5.45. The molecule has 0 aromatic carbocycles. The van der Waals surface area contributed by atoms with Gasteiger partial charge in [0.05, 0.1) is 41.2 Å². The van der Waals surface area contributed by atoms with Crippen LogP contribution in [0.25, 0.3) is 0 Å². The van der Waals surface area contributed by atoms with E-state index in [1.54, 1.807) is 0 Å². The van der Waals surface area contributed by atoms with Crippen molar-refractivity contribution in [1.29, 1.82) is 0 Å². The summed E-state index contributed by atoms with van der Waals surface area (Å²) in [6.07, 6.45) is 3.57. The number of unbranched alkanes of at least 4 members (excludes halogenated alkanes) is 1. The zero-order valence-electron chi connectivity index (χ0n) is 12.2.